The van der Waals surface area contributed by atoms with Crippen LogP contribution < -0.4 is 10.6 Å². The summed E-state index contributed by atoms with van der Waals surface area (Å²) in [6.07, 6.45) is 4.14. The smallest absolute Gasteiger partial charge is 0.139 e. The first-order valence-corrected chi connectivity index (χ1v) is 7.40. The lowest BCUT2D eigenvalue weighted by molar-refractivity contribution is 0.311. The van der Waals surface area contributed by atoms with E-state index in [1.165, 1.54) is 12.8 Å². The summed E-state index contributed by atoms with van der Waals surface area (Å²) in [6, 6.07) is 5.88. The zero-order valence-electron chi connectivity index (χ0n) is 12.2. The number of nitrogen functional groups attached to an aromatic ring is 1. The molecule has 106 valence electrons. The van der Waals surface area contributed by atoms with Crippen molar-refractivity contribution in [3.8, 4) is 0 Å². The molecule has 0 unspecified atom stereocenters. The number of aromatic nitrogens is 2. The molecule has 0 bridgehead atoms. The summed E-state index contributed by atoms with van der Waals surface area (Å²) in [6.45, 7) is 6.81. The Hall–Kier alpha value is -1.84. The molecule has 0 amide bonds. The van der Waals surface area contributed by atoms with Gasteiger partial charge in [-0.1, -0.05) is 13.8 Å². The topological polar surface area (TPSA) is 55.0 Å². The van der Waals surface area contributed by atoms with Gasteiger partial charge in [-0.25, -0.2) is 9.97 Å². The van der Waals surface area contributed by atoms with Gasteiger partial charge < -0.3 is 10.6 Å². The van der Waals surface area contributed by atoms with Crippen molar-refractivity contribution in [3.63, 3.8) is 0 Å². The maximum Gasteiger partial charge on any atom is 0.139 e. The van der Waals surface area contributed by atoms with Crippen LogP contribution in [0.25, 0.3) is 10.9 Å². The van der Waals surface area contributed by atoms with E-state index in [2.05, 4.69) is 28.7 Å². The fourth-order valence-corrected chi connectivity index (χ4v) is 3.09. The van der Waals surface area contributed by atoms with Crippen molar-refractivity contribution < 1.29 is 0 Å². The lowest BCUT2D eigenvalue weighted by Crippen LogP contribution is -2.35. The first-order chi connectivity index (χ1) is 9.65. The Bertz CT molecular complexity index is 600. The molecule has 20 heavy (non-hydrogen) atoms. The second-order valence-electron chi connectivity index (χ2n) is 6.04. The zero-order valence-corrected chi connectivity index (χ0v) is 12.2. The lowest BCUT2D eigenvalue weighted by atomic mass is 9.86. The van der Waals surface area contributed by atoms with Crippen LogP contribution in [0, 0.1) is 11.8 Å². The maximum absolute atomic E-state index is 5.83. The summed E-state index contributed by atoms with van der Waals surface area (Å²) in [5.74, 6) is 2.67. The fourth-order valence-electron chi connectivity index (χ4n) is 3.09. The van der Waals surface area contributed by atoms with Gasteiger partial charge in [0.05, 0.1) is 5.52 Å². The van der Waals surface area contributed by atoms with Crippen molar-refractivity contribution in [1.82, 2.24) is 9.97 Å². The zero-order chi connectivity index (χ0) is 14.1. The average Bonchev–Trinajstić information content (AvgIpc) is 2.46. The Morgan fingerprint density at radius 2 is 1.95 bits per heavy atom. The second kappa shape index (κ2) is 5.27. The monoisotopic (exact) mass is 270 g/mol. The first kappa shape index (κ1) is 13.2. The normalized spacial score (nSPS) is 17.1. The van der Waals surface area contributed by atoms with Gasteiger partial charge in [-0.05, 0) is 42.9 Å². The Morgan fingerprint density at radius 1 is 1.20 bits per heavy atom. The third-order valence-corrected chi connectivity index (χ3v) is 4.42. The highest BCUT2D eigenvalue weighted by Crippen LogP contribution is 2.30. The molecule has 2 N–H and O–H groups in total. The summed E-state index contributed by atoms with van der Waals surface area (Å²) >= 11 is 0. The van der Waals surface area contributed by atoms with Crippen molar-refractivity contribution in [3.05, 3.63) is 24.5 Å². The number of rotatable bonds is 2. The van der Waals surface area contributed by atoms with E-state index >= 15 is 0 Å². The van der Waals surface area contributed by atoms with Crippen LogP contribution in [0.5, 0.6) is 0 Å². The van der Waals surface area contributed by atoms with Gasteiger partial charge in [-0.15, -0.1) is 0 Å². The molecule has 3 rings (SSSR count). The molecule has 1 aliphatic heterocycles. The number of nitrogens with zero attached hydrogens (tertiary/aromatic N) is 3. The number of hydrogen-bond acceptors (Lipinski definition) is 4. The van der Waals surface area contributed by atoms with Crippen molar-refractivity contribution in [2.45, 2.75) is 26.7 Å². The van der Waals surface area contributed by atoms with Crippen molar-refractivity contribution >= 4 is 22.4 Å². The van der Waals surface area contributed by atoms with Crippen LogP contribution in [-0.4, -0.2) is 23.1 Å². The Morgan fingerprint density at radius 3 is 2.65 bits per heavy atom. The van der Waals surface area contributed by atoms with Gasteiger partial charge in [0, 0.05) is 24.2 Å². The van der Waals surface area contributed by atoms with Crippen LogP contribution >= 0.6 is 0 Å². The number of nitrogens with two attached hydrogens (primary N) is 1. The van der Waals surface area contributed by atoms with Crippen molar-refractivity contribution in [2.24, 2.45) is 11.8 Å². The van der Waals surface area contributed by atoms with Crippen molar-refractivity contribution in [2.75, 3.05) is 23.7 Å². The van der Waals surface area contributed by atoms with Gasteiger partial charge in [0.25, 0.3) is 0 Å². The van der Waals surface area contributed by atoms with Crippen LogP contribution in [0.3, 0.4) is 0 Å². The summed E-state index contributed by atoms with van der Waals surface area (Å²) in [4.78, 5) is 11.2. The van der Waals surface area contributed by atoms with Crippen LogP contribution in [0.4, 0.5) is 11.5 Å². The van der Waals surface area contributed by atoms with E-state index in [0.717, 1.165) is 47.3 Å². The fraction of sp³-hybridized carbons (Fsp3) is 0.500. The minimum Gasteiger partial charge on any atom is -0.399 e. The molecular formula is C16H22N4. The number of benzene rings is 1. The largest absolute Gasteiger partial charge is 0.399 e. The van der Waals surface area contributed by atoms with Gasteiger partial charge in [0.1, 0.15) is 12.1 Å². The SMILES string of the molecule is CC(C)C1CCN(c2ncnc3cc(N)ccc23)CC1. The molecule has 1 saturated heterocycles. The highest BCUT2D eigenvalue weighted by Gasteiger charge is 2.23. The number of hydrogen-bond donors (Lipinski definition) is 1. The lowest BCUT2D eigenvalue weighted by Gasteiger charge is -2.35. The Labute approximate surface area is 120 Å². The molecule has 4 nitrogen and oxygen atoms in total. The van der Waals surface area contributed by atoms with E-state index < -0.39 is 0 Å². The van der Waals surface area contributed by atoms with Crippen LogP contribution in [0.1, 0.15) is 26.7 Å². The van der Waals surface area contributed by atoms with Crippen LogP contribution in [0.15, 0.2) is 24.5 Å². The molecule has 0 aliphatic carbocycles. The average molecular weight is 270 g/mol. The highest BCUT2D eigenvalue weighted by molar-refractivity contribution is 5.91. The summed E-state index contributed by atoms with van der Waals surface area (Å²) < 4.78 is 0. The molecule has 4 heteroatoms. The molecular weight excluding hydrogens is 248 g/mol. The summed E-state index contributed by atoms with van der Waals surface area (Å²) in [5.41, 5.74) is 7.51. The van der Waals surface area contributed by atoms with E-state index in [-0.39, 0.29) is 0 Å². The van der Waals surface area contributed by atoms with Gasteiger partial charge in [0.2, 0.25) is 0 Å². The minimum atomic E-state index is 0.751. The summed E-state index contributed by atoms with van der Waals surface area (Å²) in [7, 11) is 0. The molecule has 1 aromatic carbocycles. The van der Waals surface area contributed by atoms with E-state index in [1.54, 1.807) is 6.33 Å². The van der Waals surface area contributed by atoms with Crippen LogP contribution in [0.2, 0.25) is 0 Å². The standard InChI is InChI=1S/C16H22N4/c1-11(2)12-5-7-20(8-6-12)16-14-4-3-13(17)9-15(14)18-10-19-16/h3-4,9-12H,5-8,17H2,1-2H3. The van der Waals surface area contributed by atoms with Crippen molar-refractivity contribution in [1.29, 1.82) is 0 Å². The number of anilines is 2. The van der Waals surface area contributed by atoms with E-state index in [9.17, 15) is 0 Å². The number of piperidine rings is 1. The van der Waals surface area contributed by atoms with E-state index in [1.807, 2.05) is 18.2 Å². The van der Waals surface area contributed by atoms with E-state index in [4.69, 9.17) is 5.73 Å². The molecule has 0 spiro atoms. The second-order valence-corrected chi connectivity index (χ2v) is 6.04. The minimum absolute atomic E-state index is 0.751. The quantitative estimate of drug-likeness (QED) is 0.852. The van der Waals surface area contributed by atoms with Crippen LogP contribution in [-0.2, 0) is 0 Å². The van der Waals surface area contributed by atoms with Gasteiger partial charge in [0.15, 0.2) is 0 Å². The van der Waals surface area contributed by atoms with Gasteiger partial charge in [-0.2, -0.15) is 0 Å². The molecule has 1 aromatic heterocycles. The summed E-state index contributed by atoms with van der Waals surface area (Å²) in [5, 5.41) is 1.10. The third kappa shape index (κ3) is 2.42. The molecule has 2 aromatic rings. The molecule has 0 atom stereocenters. The predicted molar refractivity (Wildman–Crippen MR) is 83.7 cm³/mol. The van der Waals surface area contributed by atoms with Gasteiger partial charge >= 0.3 is 0 Å². The van der Waals surface area contributed by atoms with E-state index in [0.29, 0.717) is 0 Å². The molecule has 0 radical (unpaired) electrons. The molecule has 1 fully saturated rings. The third-order valence-electron chi connectivity index (χ3n) is 4.42. The first-order valence-electron chi connectivity index (χ1n) is 7.40. The Kier molecular flexibility index (Phi) is 3.47. The maximum atomic E-state index is 5.83. The Balaban J connectivity index is 1.88. The molecule has 0 saturated carbocycles. The predicted octanol–water partition coefficient (Wildman–Crippen LogP) is 3.08. The molecule has 2 heterocycles. The molecule has 1 aliphatic rings. The van der Waals surface area contributed by atoms with Gasteiger partial charge in [-0.3, -0.25) is 0 Å². The number of fused-ring (bicyclic) bond motifs is 1. The highest BCUT2D eigenvalue weighted by atomic mass is 15.2.